The number of amidine groups is 1. The van der Waals surface area contributed by atoms with Crippen molar-refractivity contribution in [3.8, 4) is 0 Å². The van der Waals surface area contributed by atoms with E-state index in [1.54, 1.807) is 0 Å². The third-order valence-electron chi connectivity index (χ3n) is 6.04. The highest BCUT2D eigenvalue weighted by Crippen LogP contribution is 2.29. The number of fused-ring (bicyclic) bond motifs is 4. The minimum atomic E-state index is -0.00235. The number of nitrogens with one attached hydrogen (secondary N) is 1. The number of imidazole rings is 1. The molecule has 0 spiro atoms. The maximum absolute atomic E-state index is 5.04. The highest BCUT2D eigenvalue weighted by Gasteiger charge is 2.30. The summed E-state index contributed by atoms with van der Waals surface area (Å²) in [5.74, 6) is 2.15. The Morgan fingerprint density at radius 2 is 2.00 bits per heavy atom. The molecule has 3 aliphatic rings. The fraction of sp³-hybridized carbons (Fsp3) is 0.476. The van der Waals surface area contributed by atoms with Crippen LogP contribution in [-0.2, 0) is 26.3 Å². The zero-order valence-electron chi connectivity index (χ0n) is 16.3. The highest BCUT2D eigenvalue weighted by atomic mass is 15.6. The van der Waals surface area contributed by atoms with Crippen molar-refractivity contribution in [1.29, 1.82) is 0 Å². The summed E-state index contributed by atoms with van der Waals surface area (Å²) < 4.78 is 2.25. The molecule has 6 heteroatoms. The molecule has 1 aromatic heterocycles. The van der Waals surface area contributed by atoms with Crippen molar-refractivity contribution in [1.82, 2.24) is 20.0 Å². The average Bonchev–Trinajstić information content (AvgIpc) is 3.26. The van der Waals surface area contributed by atoms with Crippen LogP contribution in [0, 0.1) is 0 Å². The van der Waals surface area contributed by atoms with Crippen LogP contribution in [0.25, 0.3) is 11.0 Å². The number of rotatable bonds is 3. The molecule has 1 aliphatic carbocycles. The van der Waals surface area contributed by atoms with Gasteiger partial charge in [0.05, 0.1) is 22.4 Å². The van der Waals surface area contributed by atoms with E-state index in [-0.39, 0.29) is 6.17 Å². The van der Waals surface area contributed by atoms with Gasteiger partial charge < -0.3 is 4.57 Å². The molecule has 5 rings (SSSR count). The first-order valence-corrected chi connectivity index (χ1v) is 9.91. The van der Waals surface area contributed by atoms with Crippen LogP contribution in [0.5, 0.6) is 0 Å². The van der Waals surface area contributed by atoms with Gasteiger partial charge in [-0.25, -0.2) is 9.98 Å². The number of aromatic nitrogens is 2. The molecule has 0 saturated carbocycles. The van der Waals surface area contributed by atoms with E-state index in [0.29, 0.717) is 0 Å². The maximum Gasteiger partial charge on any atom is 0.179 e. The number of hydrogen-bond acceptors (Lipinski definition) is 5. The first kappa shape index (κ1) is 16.5. The van der Waals surface area contributed by atoms with Crippen LogP contribution in [-0.4, -0.2) is 32.3 Å². The Kier molecular flexibility index (Phi) is 3.81. The molecule has 1 atom stereocenters. The number of aryl methyl sites for hydroxylation is 4. The Morgan fingerprint density at radius 1 is 1.15 bits per heavy atom. The van der Waals surface area contributed by atoms with Gasteiger partial charge in [-0.05, 0) is 56.7 Å². The lowest BCUT2D eigenvalue weighted by atomic mass is 9.91. The lowest BCUT2D eigenvalue weighted by Crippen LogP contribution is -2.43. The number of hydrogen-bond donors (Lipinski definition) is 1. The minimum absolute atomic E-state index is 0.00235. The maximum atomic E-state index is 5.04. The Morgan fingerprint density at radius 3 is 2.85 bits per heavy atom. The number of allylic oxidation sites excluding steroid dienone is 1. The van der Waals surface area contributed by atoms with Crippen molar-refractivity contribution < 1.29 is 0 Å². The topological polar surface area (TPSA) is 57.8 Å². The van der Waals surface area contributed by atoms with E-state index < -0.39 is 0 Å². The quantitative estimate of drug-likeness (QED) is 0.912. The van der Waals surface area contributed by atoms with Crippen molar-refractivity contribution in [3.05, 3.63) is 41.0 Å². The Hall–Kier alpha value is -2.63. The molecule has 27 heavy (non-hydrogen) atoms. The van der Waals surface area contributed by atoms with Gasteiger partial charge in [0, 0.05) is 26.1 Å². The van der Waals surface area contributed by atoms with Gasteiger partial charge in [-0.1, -0.05) is 6.07 Å². The monoisotopic (exact) mass is 362 g/mol. The average molecular weight is 362 g/mol. The number of aliphatic imine (C=N–C) groups is 2. The summed E-state index contributed by atoms with van der Waals surface area (Å²) in [5, 5.41) is 2.10. The zero-order chi connectivity index (χ0) is 18.5. The van der Waals surface area contributed by atoms with Crippen LogP contribution in [0.15, 0.2) is 34.0 Å². The van der Waals surface area contributed by atoms with E-state index in [1.165, 1.54) is 41.4 Å². The van der Waals surface area contributed by atoms with Gasteiger partial charge >= 0.3 is 0 Å². The predicted octanol–water partition coefficient (Wildman–Crippen LogP) is 3.27. The molecule has 0 fully saturated rings. The first-order chi connectivity index (χ1) is 13.1. The van der Waals surface area contributed by atoms with Gasteiger partial charge in [-0.2, -0.15) is 0 Å². The van der Waals surface area contributed by atoms with Gasteiger partial charge in [0.15, 0.2) is 6.17 Å². The van der Waals surface area contributed by atoms with Crippen molar-refractivity contribution >= 4 is 22.6 Å². The highest BCUT2D eigenvalue weighted by molar-refractivity contribution is 5.94. The SMILES string of the molecule is CC1=CN=C(C)C2N=C(CCc3nc4c5c(ccc4n3C)CCCC5)NN12. The van der Waals surface area contributed by atoms with Crippen molar-refractivity contribution in [2.45, 2.75) is 58.5 Å². The molecule has 1 aromatic carbocycles. The van der Waals surface area contributed by atoms with E-state index in [4.69, 9.17) is 9.98 Å². The van der Waals surface area contributed by atoms with Crippen molar-refractivity contribution in [2.75, 3.05) is 0 Å². The number of benzene rings is 1. The largest absolute Gasteiger partial charge is 0.331 e. The summed E-state index contributed by atoms with van der Waals surface area (Å²) in [6, 6.07) is 4.55. The van der Waals surface area contributed by atoms with Gasteiger partial charge in [0.1, 0.15) is 11.7 Å². The molecule has 0 saturated heterocycles. The van der Waals surface area contributed by atoms with Crippen LogP contribution in [0.2, 0.25) is 0 Å². The standard InChI is InChI=1S/C21H26N6/c1-13-12-22-14(2)21-23-18(25-27(13)21)10-11-19-24-20-16-7-5-4-6-15(16)8-9-17(20)26(19)3/h8-9,12,21H,4-7,10-11H2,1-3H3,(H,23,25). The lowest BCUT2D eigenvalue weighted by Gasteiger charge is -2.27. The molecular weight excluding hydrogens is 336 g/mol. The minimum Gasteiger partial charge on any atom is -0.331 e. The lowest BCUT2D eigenvalue weighted by molar-refractivity contribution is 0.294. The third kappa shape index (κ3) is 2.66. The summed E-state index contributed by atoms with van der Waals surface area (Å²) >= 11 is 0. The van der Waals surface area contributed by atoms with Crippen molar-refractivity contribution in [3.63, 3.8) is 0 Å². The Bertz CT molecular complexity index is 1010. The van der Waals surface area contributed by atoms with Crippen LogP contribution >= 0.6 is 0 Å². The Balaban J connectivity index is 1.38. The van der Waals surface area contributed by atoms with Gasteiger partial charge in [0.25, 0.3) is 0 Å². The second kappa shape index (κ2) is 6.22. The normalized spacial score (nSPS) is 21.4. The first-order valence-electron chi connectivity index (χ1n) is 9.91. The van der Waals surface area contributed by atoms with Crippen LogP contribution < -0.4 is 5.43 Å². The van der Waals surface area contributed by atoms with Gasteiger partial charge in [0.2, 0.25) is 0 Å². The third-order valence-corrected chi connectivity index (χ3v) is 6.04. The van der Waals surface area contributed by atoms with Crippen LogP contribution in [0.3, 0.4) is 0 Å². The summed E-state index contributed by atoms with van der Waals surface area (Å²) in [6.45, 7) is 4.09. The smallest absolute Gasteiger partial charge is 0.179 e. The molecule has 0 bridgehead atoms. The molecule has 2 aliphatic heterocycles. The fourth-order valence-electron chi connectivity index (χ4n) is 4.43. The molecule has 1 N–H and O–H groups in total. The summed E-state index contributed by atoms with van der Waals surface area (Å²) in [5.41, 5.74) is 11.0. The molecule has 2 aromatic rings. The van der Waals surface area contributed by atoms with Gasteiger partial charge in [-0.15, -0.1) is 0 Å². The molecule has 6 nitrogen and oxygen atoms in total. The zero-order valence-corrected chi connectivity index (χ0v) is 16.3. The molecule has 0 amide bonds. The summed E-state index contributed by atoms with van der Waals surface area (Å²) in [6.07, 6.45) is 8.57. The molecule has 140 valence electrons. The number of hydrazine groups is 1. The molecule has 1 unspecified atom stereocenters. The van der Waals surface area contributed by atoms with E-state index in [1.807, 2.05) is 13.1 Å². The van der Waals surface area contributed by atoms with E-state index in [0.717, 1.165) is 42.3 Å². The second-order valence-electron chi connectivity index (χ2n) is 7.84. The summed E-state index contributed by atoms with van der Waals surface area (Å²) in [7, 11) is 2.14. The van der Waals surface area contributed by atoms with E-state index in [2.05, 4.69) is 46.1 Å². The number of nitrogens with zero attached hydrogens (tertiary/aromatic N) is 5. The van der Waals surface area contributed by atoms with E-state index in [9.17, 15) is 0 Å². The van der Waals surface area contributed by atoms with Crippen molar-refractivity contribution in [2.24, 2.45) is 17.0 Å². The van der Waals surface area contributed by atoms with Gasteiger partial charge in [-0.3, -0.25) is 15.4 Å². The molecular formula is C21H26N6. The predicted molar refractivity (Wildman–Crippen MR) is 109 cm³/mol. The fourth-order valence-corrected chi connectivity index (χ4v) is 4.43. The molecule has 3 heterocycles. The van der Waals surface area contributed by atoms with Crippen LogP contribution in [0.4, 0.5) is 0 Å². The molecule has 0 radical (unpaired) electrons. The second-order valence-corrected chi connectivity index (χ2v) is 7.84. The summed E-state index contributed by atoms with van der Waals surface area (Å²) in [4.78, 5) is 14.3. The van der Waals surface area contributed by atoms with Crippen LogP contribution in [0.1, 0.15) is 50.1 Å². The van der Waals surface area contributed by atoms with E-state index >= 15 is 0 Å². The Labute approximate surface area is 159 Å².